The van der Waals surface area contributed by atoms with Gasteiger partial charge in [-0.05, 0) is 39.0 Å². The lowest BCUT2D eigenvalue weighted by Crippen LogP contribution is -2.28. The molecule has 8 heteroatoms. The van der Waals surface area contributed by atoms with Crippen LogP contribution in [0.4, 0.5) is 5.69 Å². The molecule has 0 aliphatic rings. The first kappa shape index (κ1) is 20.4. The highest BCUT2D eigenvalue weighted by molar-refractivity contribution is 5.92. The number of carbonyl (C=O) groups excluding carboxylic acids is 1. The Morgan fingerprint density at radius 1 is 1.44 bits per heavy atom. The molecule has 1 heterocycles. The Bertz CT molecular complexity index is 875. The summed E-state index contributed by atoms with van der Waals surface area (Å²) < 4.78 is 11.9. The smallest absolute Gasteiger partial charge is 0.337 e. The fraction of sp³-hybridized carbons (Fsp3) is 0.421. The SMILES string of the molecule is CCOCc1nc(C#N)c(-c2ccc(C(=O)OC)cc2N)n1CC(C)(C)O. The number of methoxy groups -OCH3 is 1. The minimum atomic E-state index is -1.05. The Labute approximate surface area is 158 Å². The van der Waals surface area contributed by atoms with Gasteiger partial charge in [-0.1, -0.05) is 0 Å². The molecule has 0 unspecified atom stereocenters. The number of hydrogen-bond donors (Lipinski definition) is 2. The van der Waals surface area contributed by atoms with E-state index in [-0.39, 0.29) is 18.8 Å². The summed E-state index contributed by atoms with van der Waals surface area (Å²) in [7, 11) is 1.29. The van der Waals surface area contributed by atoms with Crippen LogP contribution >= 0.6 is 0 Å². The molecule has 144 valence electrons. The first-order valence-corrected chi connectivity index (χ1v) is 8.49. The molecule has 0 saturated carbocycles. The van der Waals surface area contributed by atoms with Crippen LogP contribution in [0.1, 0.15) is 42.6 Å². The Morgan fingerprint density at radius 3 is 2.67 bits per heavy atom. The van der Waals surface area contributed by atoms with Crippen LogP contribution in [0.2, 0.25) is 0 Å². The molecule has 27 heavy (non-hydrogen) atoms. The Hall–Kier alpha value is -2.89. The summed E-state index contributed by atoms with van der Waals surface area (Å²) in [6.45, 7) is 6.06. The van der Waals surface area contributed by atoms with E-state index < -0.39 is 11.6 Å². The predicted molar refractivity (Wildman–Crippen MR) is 99.8 cm³/mol. The van der Waals surface area contributed by atoms with Crippen molar-refractivity contribution in [3.05, 3.63) is 35.3 Å². The van der Waals surface area contributed by atoms with Crippen LogP contribution in [-0.4, -0.2) is 39.9 Å². The minimum absolute atomic E-state index is 0.173. The van der Waals surface area contributed by atoms with Gasteiger partial charge in [-0.15, -0.1) is 0 Å². The topological polar surface area (TPSA) is 123 Å². The summed E-state index contributed by atoms with van der Waals surface area (Å²) in [5.41, 5.74) is 6.90. The summed E-state index contributed by atoms with van der Waals surface area (Å²) >= 11 is 0. The van der Waals surface area contributed by atoms with Crippen LogP contribution in [0.15, 0.2) is 18.2 Å². The largest absolute Gasteiger partial charge is 0.465 e. The van der Waals surface area contributed by atoms with Gasteiger partial charge in [-0.25, -0.2) is 9.78 Å². The lowest BCUT2D eigenvalue weighted by molar-refractivity contribution is 0.0572. The summed E-state index contributed by atoms with van der Waals surface area (Å²) in [5.74, 6) is 0.0118. The van der Waals surface area contributed by atoms with Crippen molar-refractivity contribution < 1.29 is 19.4 Å². The number of esters is 1. The van der Waals surface area contributed by atoms with Gasteiger partial charge in [0.25, 0.3) is 0 Å². The highest BCUT2D eigenvalue weighted by Gasteiger charge is 2.25. The zero-order valence-corrected chi connectivity index (χ0v) is 15.9. The van der Waals surface area contributed by atoms with Crippen LogP contribution in [0.25, 0.3) is 11.3 Å². The molecular weight excluding hydrogens is 348 g/mol. The molecule has 0 amide bonds. The van der Waals surface area contributed by atoms with Crippen molar-refractivity contribution in [1.29, 1.82) is 5.26 Å². The standard InChI is InChI=1S/C19H24N4O4/c1-5-27-10-16-22-15(9-20)17(23(16)11-19(2,3)25)13-7-6-12(8-14(13)21)18(24)26-4/h6-8,25H,5,10-11,21H2,1-4H3. The van der Waals surface area contributed by atoms with Gasteiger partial charge in [0.2, 0.25) is 0 Å². The quantitative estimate of drug-likeness (QED) is 0.563. The van der Waals surface area contributed by atoms with Gasteiger partial charge in [0.1, 0.15) is 18.5 Å². The van der Waals surface area contributed by atoms with Crippen molar-refractivity contribution in [3.63, 3.8) is 0 Å². The first-order chi connectivity index (χ1) is 12.7. The number of nitrogens with two attached hydrogens (primary N) is 1. The number of nitrogen functional groups attached to an aromatic ring is 1. The van der Waals surface area contributed by atoms with E-state index in [4.69, 9.17) is 15.2 Å². The summed E-state index contributed by atoms with van der Waals surface area (Å²) in [6.07, 6.45) is 0. The molecule has 0 atom stereocenters. The van der Waals surface area contributed by atoms with Gasteiger partial charge in [-0.2, -0.15) is 5.26 Å². The molecule has 2 aromatic rings. The summed E-state index contributed by atoms with van der Waals surface area (Å²) in [6, 6.07) is 6.78. The Kier molecular flexibility index (Phi) is 6.20. The number of rotatable bonds is 7. The highest BCUT2D eigenvalue weighted by Crippen LogP contribution is 2.32. The molecule has 1 aromatic heterocycles. The van der Waals surface area contributed by atoms with Crippen molar-refractivity contribution in [2.45, 2.75) is 39.5 Å². The zero-order valence-electron chi connectivity index (χ0n) is 15.9. The average Bonchev–Trinajstić information content (AvgIpc) is 2.94. The van der Waals surface area contributed by atoms with Crippen molar-refractivity contribution >= 4 is 11.7 Å². The predicted octanol–water partition coefficient (Wildman–Crippen LogP) is 2.10. The molecule has 0 aliphatic carbocycles. The second-order valence-electron chi connectivity index (χ2n) is 6.67. The average molecular weight is 372 g/mol. The van der Waals surface area contributed by atoms with E-state index in [1.165, 1.54) is 13.2 Å². The van der Waals surface area contributed by atoms with E-state index in [1.54, 1.807) is 30.5 Å². The van der Waals surface area contributed by atoms with Crippen molar-refractivity contribution in [2.75, 3.05) is 19.5 Å². The fourth-order valence-electron chi connectivity index (χ4n) is 2.73. The van der Waals surface area contributed by atoms with E-state index in [1.807, 2.05) is 6.92 Å². The van der Waals surface area contributed by atoms with Crippen LogP contribution in [-0.2, 0) is 22.6 Å². The van der Waals surface area contributed by atoms with Crippen LogP contribution in [0.5, 0.6) is 0 Å². The van der Waals surface area contributed by atoms with Crippen molar-refractivity contribution in [2.24, 2.45) is 0 Å². The maximum Gasteiger partial charge on any atom is 0.337 e. The van der Waals surface area contributed by atoms with E-state index in [9.17, 15) is 15.2 Å². The van der Waals surface area contributed by atoms with Crippen molar-refractivity contribution in [3.8, 4) is 17.3 Å². The van der Waals surface area contributed by atoms with Gasteiger partial charge in [-0.3, -0.25) is 0 Å². The Balaban J connectivity index is 2.65. The minimum Gasteiger partial charge on any atom is -0.465 e. The molecule has 3 N–H and O–H groups in total. The van der Waals surface area contributed by atoms with Gasteiger partial charge in [0.15, 0.2) is 5.69 Å². The number of hydrogen-bond acceptors (Lipinski definition) is 7. The second kappa shape index (κ2) is 8.20. The molecule has 0 bridgehead atoms. The van der Waals surface area contributed by atoms with Crippen LogP contribution in [0, 0.1) is 11.3 Å². The van der Waals surface area contributed by atoms with E-state index in [2.05, 4.69) is 11.1 Å². The zero-order chi connectivity index (χ0) is 20.2. The third kappa shape index (κ3) is 4.64. The normalized spacial score (nSPS) is 11.3. The van der Waals surface area contributed by atoms with Crippen LogP contribution < -0.4 is 5.73 Å². The number of ether oxygens (including phenoxy) is 2. The molecular formula is C19H24N4O4. The number of carbonyl (C=O) groups is 1. The molecule has 1 aromatic carbocycles. The number of imidazole rings is 1. The number of aromatic nitrogens is 2. The third-order valence-corrected chi connectivity index (χ3v) is 3.86. The van der Waals surface area contributed by atoms with Crippen LogP contribution in [0.3, 0.4) is 0 Å². The monoisotopic (exact) mass is 372 g/mol. The number of aliphatic hydroxyl groups is 1. The second-order valence-corrected chi connectivity index (χ2v) is 6.67. The maximum absolute atomic E-state index is 11.7. The molecule has 0 fully saturated rings. The molecule has 0 radical (unpaired) electrons. The molecule has 8 nitrogen and oxygen atoms in total. The number of nitriles is 1. The molecule has 0 spiro atoms. The molecule has 2 rings (SSSR count). The van der Waals surface area contributed by atoms with Gasteiger partial charge in [0.05, 0.1) is 30.5 Å². The van der Waals surface area contributed by atoms with E-state index in [0.29, 0.717) is 34.9 Å². The molecule has 0 saturated heterocycles. The number of benzene rings is 1. The van der Waals surface area contributed by atoms with Gasteiger partial charge >= 0.3 is 5.97 Å². The lowest BCUT2D eigenvalue weighted by Gasteiger charge is -2.22. The molecule has 0 aliphatic heterocycles. The van der Waals surface area contributed by atoms with Gasteiger partial charge < -0.3 is 24.9 Å². The summed E-state index contributed by atoms with van der Waals surface area (Å²) in [5, 5.41) is 19.9. The van der Waals surface area contributed by atoms with E-state index in [0.717, 1.165) is 0 Å². The first-order valence-electron chi connectivity index (χ1n) is 8.49. The van der Waals surface area contributed by atoms with Crippen molar-refractivity contribution in [1.82, 2.24) is 9.55 Å². The highest BCUT2D eigenvalue weighted by atomic mass is 16.5. The van der Waals surface area contributed by atoms with E-state index >= 15 is 0 Å². The number of nitrogens with zero attached hydrogens (tertiary/aromatic N) is 3. The summed E-state index contributed by atoms with van der Waals surface area (Å²) in [4.78, 5) is 16.1. The number of anilines is 1. The fourth-order valence-corrected chi connectivity index (χ4v) is 2.73. The third-order valence-electron chi connectivity index (χ3n) is 3.86. The maximum atomic E-state index is 11.7. The van der Waals surface area contributed by atoms with Gasteiger partial charge in [0, 0.05) is 17.9 Å². The Morgan fingerprint density at radius 2 is 2.15 bits per heavy atom. The lowest BCUT2D eigenvalue weighted by atomic mass is 10.0.